The highest BCUT2D eigenvalue weighted by molar-refractivity contribution is 6.30. The zero-order chi connectivity index (χ0) is 20.5. The molecule has 29 heavy (non-hydrogen) atoms. The molecule has 2 aromatic heterocycles. The van der Waals surface area contributed by atoms with Crippen LogP contribution in [0.3, 0.4) is 0 Å². The molecular formula is C20H19ClN4O4. The summed E-state index contributed by atoms with van der Waals surface area (Å²) in [6, 6.07) is 6.32. The van der Waals surface area contributed by atoms with Crippen LogP contribution in [0.5, 0.6) is 0 Å². The molecule has 0 radical (unpaired) electrons. The third-order valence-electron chi connectivity index (χ3n) is 5.04. The fourth-order valence-corrected chi connectivity index (χ4v) is 3.66. The molecule has 0 bridgehead atoms. The molecule has 4 rings (SSSR count). The molecule has 0 spiro atoms. The van der Waals surface area contributed by atoms with Crippen LogP contribution in [0.1, 0.15) is 41.7 Å². The molecule has 0 amide bonds. The molecular weight excluding hydrogens is 396 g/mol. The zero-order valence-corrected chi connectivity index (χ0v) is 16.6. The van der Waals surface area contributed by atoms with E-state index < -0.39 is 11.2 Å². The largest absolute Gasteiger partial charge is 0.339 e. The van der Waals surface area contributed by atoms with Gasteiger partial charge in [0, 0.05) is 29.2 Å². The van der Waals surface area contributed by atoms with Crippen LogP contribution < -0.4 is 11.2 Å². The van der Waals surface area contributed by atoms with Crippen molar-refractivity contribution in [2.75, 3.05) is 0 Å². The number of hydrogen-bond donors (Lipinski definition) is 0. The number of rotatable bonds is 5. The van der Waals surface area contributed by atoms with Crippen molar-refractivity contribution >= 4 is 17.4 Å². The van der Waals surface area contributed by atoms with E-state index in [1.807, 2.05) is 6.92 Å². The summed E-state index contributed by atoms with van der Waals surface area (Å²) in [5.74, 6) is 0.208. The number of aryl methyl sites for hydroxylation is 1. The first-order valence-electron chi connectivity index (χ1n) is 9.47. The van der Waals surface area contributed by atoms with Crippen molar-refractivity contribution in [3.05, 3.63) is 67.3 Å². The highest BCUT2D eigenvalue weighted by Gasteiger charge is 2.26. The normalized spacial score (nSPS) is 13.3. The molecule has 8 nitrogen and oxygen atoms in total. The molecule has 3 aromatic rings. The summed E-state index contributed by atoms with van der Waals surface area (Å²) >= 11 is 5.87. The summed E-state index contributed by atoms with van der Waals surface area (Å²) in [6.07, 6.45) is 2.78. The minimum absolute atomic E-state index is 0.158. The van der Waals surface area contributed by atoms with Crippen molar-refractivity contribution in [1.29, 1.82) is 0 Å². The van der Waals surface area contributed by atoms with Gasteiger partial charge < -0.3 is 4.52 Å². The van der Waals surface area contributed by atoms with Crippen LogP contribution in [-0.2, 0) is 25.9 Å². The quantitative estimate of drug-likeness (QED) is 0.594. The molecule has 0 saturated carbocycles. The second-order valence-electron chi connectivity index (χ2n) is 6.90. The summed E-state index contributed by atoms with van der Waals surface area (Å²) in [4.78, 5) is 43.2. The number of nitrogens with zero attached hydrogens (tertiary/aromatic N) is 4. The number of benzene rings is 1. The maximum absolute atomic E-state index is 13.2. The van der Waals surface area contributed by atoms with Gasteiger partial charge in [-0.25, -0.2) is 4.79 Å². The van der Waals surface area contributed by atoms with Crippen molar-refractivity contribution in [1.82, 2.24) is 19.3 Å². The van der Waals surface area contributed by atoms with Crippen LogP contribution in [0.4, 0.5) is 0 Å². The van der Waals surface area contributed by atoms with Gasteiger partial charge >= 0.3 is 5.69 Å². The van der Waals surface area contributed by atoms with Gasteiger partial charge in [0.1, 0.15) is 5.56 Å². The van der Waals surface area contributed by atoms with Crippen molar-refractivity contribution in [2.24, 2.45) is 0 Å². The van der Waals surface area contributed by atoms with Crippen LogP contribution in [-0.4, -0.2) is 25.1 Å². The minimum atomic E-state index is -0.575. The van der Waals surface area contributed by atoms with Gasteiger partial charge in [-0.05, 0) is 43.5 Å². The first-order valence-corrected chi connectivity index (χ1v) is 9.85. The Morgan fingerprint density at radius 3 is 2.66 bits per heavy atom. The van der Waals surface area contributed by atoms with E-state index in [2.05, 4.69) is 10.1 Å². The van der Waals surface area contributed by atoms with E-state index in [4.69, 9.17) is 16.1 Å². The summed E-state index contributed by atoms with van der Waals surface area (Å²) in [7, 11) is 0. The molecule has 1 aromatic carbocycles. The molecule has 1 aliphatic rings. The third kappa shape index (κ3) is 3.55. The first-order chi connectivity index (χ1) is 14.0. The van der Waals surface area contributed by atoms with Crippen LogP contribution in [0.25, 0.3) is 11.4 Å². The van der Waals surface area contributed by atoms with E-state index in [1.54, 1.807) is 28.8 Å². The average molecular weight is 415 g/mol. The van der Waals surface area contributed by atoms with E-state index in [0.29, 0.717) is 41.6 Å². The average Bonchev–Trinajstić information content (AvgIpc) is 3.20. The maximum atomic E-state index is 13.2. The Kier molecular flexibility index (Phi) is 5.19. The highest BCUT2D eigenvalue weighted by atomic mass is 35.5. The van der Waals surface area contributed by atoms with Crippen LogP contribution in [0.15, 0.2) is 38.4 Å². The molecule has 0 unspecified atom stereocenters. The Morgan fingerprint density at radius 2 is 1.97 bits per heavy atom. The van der Waals surface area contributed by atoms with E-state index in [9.17, 15) is 14.4 Å². The first kappa shape index (κ1) is 19.3. The van der Waals surface area contributed by atoms with Crippen molar-refractivity contribution < 1.29 is 9.32 Å². The maximum Gasteiger partial charge on any atom is 0.331 e. The minimum Gasteiger partial charge on any atom is -0.339 e. The fourth-order valence-electron chi connectivity index (χ4n) is 3.53. The molecule has 150 valence electrons. The van der Waals surface area contributed by atoms with Crippen LogP contribution >= 0.6 is 11.6 Å². The number of fused-ring (bicyclic) bond motifs is 1. The second kappa shape index (κ2) is 7.79. The Bertz CT molecular complexity index is 1190. The van der Waals surface area contributed by atoms with E-state index in [1.165, 1.54) is 0 Å². The van der Waals surface area contributed by atoms with Gasteiger partial charge in [0.2, 0.25) is 11.7 Å². The van der Waals surface area contributed by atoms with Crippen LogP contribution in [0, 0.1) is 0 Å². The lowest BCUT2D eigenvalue weighted by molar-refractivity contribution is 0.0968. The number of halogens is 1. The molecule has 0 N–H and O–H groups in total. The Morgan fingerprint density at radius 1 is 1.21 bits per heavy atom. The van der Waals surface area contributed by atoms with Gasteiger partial charge in [0.25, 0.3) is 5.56 Å². The van der Waals surface area contributed by atoms with Gasteiger partial charge in [-0.15, -0.1) is 0 Å². The zero-order valence-electron chi connectivity index (χ0n) is 15.9. The van der Waals surface area contributed by atoms with Crippen molar-refractivity contribution in [3.63, 3.8) is 0 Å². The van der Waals surface area contributed by atoms with Gasteiger partial charge in [-0.3, -0.25) is 18.7 Å². The predicted octanol–water partition coefficient (Wildman–Crippen LogP) is 2.50. The molecule has 0 atom stereocenters. The lowest BCUT2D eigenvalue weighted by Gasteiger charge is -2.21. The molecule has 0 fully saturated rings. The number of hydrogen-bond acceptors (Lipinski definition) is 6. The monoisotopic (exact) mass is 414 g/mol. The third-order valence-corrected chi connectivity index (χ3v) is 5.29. The van der Waals surface area contributed by atoms with Gasteiger partial charge in [-0.2, -0.15) is 4.98 Å². The predicted molar refractivity (Wildman–Crippen MR) is 106 cm³/mol. The number of ketones is 1. The van der Waals surface area contributed by atoms with E-state index in [0.717, 1.165) is 17.4 Å². The number of Topliss-reactive ketones (excluding diaryl/α,β-unsaturated/α-hetero) is 1. The molecule has 0 aliphatic carbocycles. The summed E-state index contributed by atoms with van der Waals surface area (Å²) in [6.45, 7) is 1.98. The van der Waals surface area contributed by atoms with Crippen molar-refractivity contribution in [2.45, 2.75) is 45.7 Å². The fraction of sp³-hybridized carbons (Fsp3) is 0.350. The van der Waals surface area contributed by atoms with Gasteiger partial charge in [0.05, 0.1) is 6.54 Å². The second-order valence-corrected chi connectivity index (χ2v) is 7.34. The lowest BCUT2D eigenvalue weighted by atomic mass is 10.0. The number of aromatic nitrogens is 4. The molecule has 1 aliphatic heterocycles. The van der Waals surface area contributed by atoms with E-state index in [-0.39, 0.29) is 23.7 Å². The van der Waals surface area contributed by atoms with Gasteiger partial charge in [-0.1, -0.05) is 23.7 Å². The highest BCUT2D eigenvalue weighted by Crippen LogP contribution is 2.22. The van der Waals surface area contributed by atoms with E-state index >= 15 is 0 Å². The number of carbonyl (C=O) groups excluding carboxylic acids is 1. The topological polar surface area (TPSA) is 100.0 Å². The Hall–Kier alpha value is -3.00. The molecule has 3 heterocycles. The summed E-state index contributed by atoms with van der Waals surface area (Å²) < 4.78 is 7.68. The van der Waals surface area contributed by atoms with Crippen molar-refractivity contribution in [3.8, 4) is 11.4 Å². The van der Waals surface area contributed by atoms with Gasteiger partial charge in [0.15, 0.2) is 5.78 Å². The standard InChI is InChI=1S/C20H19ClN4O4/c1-2-16-22-18(23-29-16)17-14-5-3-4-10-24(14)20(28)25(19(17)27)11-15(26)12-6-8-13(21)9-7-12/h6-9H,2-5,10-11H2,1H3. The smallest absolute Gasteiger partial charge is 0.331 e. The number of carbonyl (C=O) groups is 1. The molecule has 9 heteroatoms. The SMILES string of the molecule is CCc1nc(-c2c3n(c(=O)n(CC(=O)c4ccc(Cl)cc4)c2=O)CCCC3)no1. The summed E-state index contributed by atoms with van der Waals surface area (Å²) in [5.41, 5.74) is 0.142. The molecule has 0 saturated heterocycles. The Balaban J connectivity index is 1.85. The van der Waals surface area contributed by atoms with Crippen LogP contribution in [0.2, 0.25) is 5.02 Å². The Labute approximate surface area is 170 Å². The lowest BCUT2D eigenvalue weighted by Crippen LogP contribution is -2.45. The summed E-state index contributed by atoms with van der Waals surface area (Å²) in [5, 5.41) is 4.43.